The molecule has 9 heteroatoms. The first-order chi connectivity index (χ1) is 12.8. The van der Waals surface area contributed by atoms with Crippen LogP contribution in [-0.2, 0) is 16.4 Å². The molecule has 2 heterocycles. The van der Waals surface area contributed by atoms with Crippen molar-refractivity contribution in [3.63, 3.8) is 0 Å². The molecule has 0 fully saturated rings. The number of primary sulfonamides is 1. The summed E-state index contributed by atoms with van der Waals surface area (Å²) in [6.07, 6.45) is 2.31. The van der Waals surface area contributed by atoms with E-state index in [9.17, 15) is 13.2 Å². The van der Waals surface area contributed by atoms with Gasteiger partial charge in [-0.25, -0.2) is 18.5 Å². The lowest BCUT2D eigenvalue weighted by Crippen LogP contribution is -2.27. The number of hydrogen-bond acceptors (Lipinski definition) is 5. The molecule has 0 aliphatic carbocycles. The van der Waals surface area contributed by atoms with Crippen molar-refractivity contribution in [1.29, 1.82) is 0 Å². The maximum absolute atomic E-state index is 12.6. The fourth-order valence-electron chi connectivity index (χ4n) is 2.84. The first kappa shape index (κ1) is 18.9. The zero-order chi connectivity index (χ0) is 19.6. The van der Waals surface area contributed by atoms with Gasteiger partial charge in [-0.2, -0.15) is 0 Å². The minimum Gasteiger partial charge on any atom is -0.493 e. The lowest BCUT2D eigenvalue weighted by molar-refractivity contribution is 0.0947. The third-order valence-corrected chi connectivity index (χ3v) is 5.10. The van der Waals surface area contributed by atoms with Crippen molar-refractivity contribution < 1.29 is 17.9 Å². The average Bonchev–Trinajstić information content (AvgIpc) is 2.97. The molecule has 8 nitrogen and oxygen atoms in total. The number of nitrogens with two attached hydrogens (primary N) is 1. The molecule has 1 amide bonds. The second kappa shape index (κ2) is 7.37. The van der Waals surface area contributed by atoms with E-state index in [0.717, 1.165) is 5.56 Å². The SMILES string of the molecule is COc1cccn2c(C(=O)NCCc3ccc(S(N)(=O)=O)cc3)c(C)nc12. The van der Waals surface area contributed by atoms with E-state index >= 15 is 0 Å². The number of carbonyl (C=O) groups excluding carboxylic acids is 1. The summed E-state index contributed by atoms with van der Waals surface area (Å²) in [4.78, 5) is 17.1. The van der Waals surface area contributed by atoms with Gasteiger partial charge in [0.15, 0.2) is 11.4 Å². The van der Waals surface area contributed by atoms with Crippen LogP contribution in [0.2, 0.25) is 0 Å². The van der Waals surface area contributed by atoms with Crippen LogP contribution in [0.3, 0.4) is 0 Å². The molecule has 0 saturated heterocycles. The number of pyridine rings is 1. The lowest BCUT2D eigenvalue weighted by atomic mass is 10.1. The van der Waals surface area contributed by atoms with Crippen molar-refractivity contribution in [2.75, 3.05) is 13.7 Å². The number of imidazole rings is 1. The molecule has 3 rings (SSSR count). The molecule has 1 aromatic carbocycles. The lowest BCUT2D eigenvalue weighted by Gasteiger charge is -2.07. The molecular formula is C18H20N4O4S. The van der Waals surface area contributed by atoms with E-state index in [0.29, 0.717) is 35.8 Å². The summed E-state index contributed by atoms with van der Waals surface area (Å²) >= 11 is 0. The summed E-state index contributed by atoms with van der Waals surface area (Å²) in [6, 6.07) is 9.83. The Balaban J connectivity index is 1.70. The van der Waals surface area contributed by atoms with Crippen LogP contribution in [0.25, 0.3) is 5.65 Å². The standard InChI is InChI=1S/C18H20N4O4S/c1-12-16(22-11-3-4-15(26-2)17(22)21-12)18(23)20-10-9-13-5-7-14(8-6-13)27(19,24)25/h3-8,11H,9-10H2,1-2H3,(H,20,23)(H2,19,24,25). The number of nitrogens with one attached hydrogen (secondary N) is 1. The van der Waals surface area contributed by atoms with Crippen molar-refractivity contribution in [1.82, 2.24) is 14.7 Å². The van der Waals surface area contributed by atoms with E-state index in [2.05, 4.69) is 10.3 Å². The second-order valence-electron chi connectivity index (χ2n) is 6.01. The molecule has 0 unspecified atom stereocenters. The van der Waals surface area contributed by atoms with Crippen molar-refractivity contribution in [3.8, 4) is 5.75 Å². The van der Waals surface area contributed by atoms with Gasteiger partial charge in [-0.15, -0.1) is 0 Å². The molecule has 3 N–H and O–H groups in total. The Kier molecular flexibility index (Phi) is 5.15. The minimum atomic E-state index is -3.70. The molecule has 0 radical (unpaired) electrons. The maximum Gasteiger partial charge on any atom is 0.270 e. The van der Waals surface area contributed by atoms with Gasteiger partial charge in [0.1, 0.15) is 5.69 Å². The smallest absolute Gasteiger partial charge is 0.270 e. The number of amides is 1. The fraction of sp³-hybridized carbons (Fsp3) is 0.222. The zero-order valence-electron chi connectivity index (χ0n) is 15.0. The van der Waals surface area contributed by atoms with E-state index in [1.54, 1.807) is 48.9 Å². The van der Waals surface area contributed by atoms with Gasteiger partial charge in [0.2, 0.25) is 10.0 Å². The van der Waals surface area contributed by atoms with Crippen LogP contribution in [0, 0.1) is 6.92 Å². The Labute approximate surface area is 157 Å². The van der Waals surface area contributed by atoms with Gasteiger partial charge in [0.05, 0.1) is 17.7 Å². The number of rotatable bonds is 6. The van der Waals surface area contributed by atoms with E-state index in [1.165, 1.54) is 12.1 Å². The number of methoxy groups -OCH3 is 1. The number of benzene rings is 1. The molecule has 0 saturated carbocycles. The van der Waals surface area contributed by atoms with Crippen molar-refractivity contribution >= 4 is 21.6 Å². The van der Waals surface area contributed by atoms with E-state index < -0.39 is 10.0 Å². The molecule has 27 heavy (non-hydrogen) atoms. The number of nitrogens with zero attached hydrogens (tertiary/aromatic N) is 2. The van der Waals surface area contributed by atoms with E-state index in [1.807, 2.05) is 0 Å². The topological polar surface area (TPSA) is 116 Å². The Bertz CT molecular complexity index is 1090. The van der Waals surface area contributed by atoms with Gasteiger partial charge in [0, 0.05) is 12.7 Å². The molecule has 0 aliphatic rings. The van der Waals surface area contributed by atoms with Crippen molar-refractivity contribution in [2.24, 2.45) is 5.14 Å². The van der Waals surface area contributed by atoms with Crippen LogP contribution in [0.5, 0.6) is 5.75 Å². The Morgan fingerprint density at radius 3 is 2.59 bits per heavy atom. The van der Waals surface area contributed by atoms with Crippen molar-refractivity contribution in [2.45, 2.75) is 18.2 Å². The predicted octanol–water partition coefficient (Wildman–Crippen LogP) is 1.27. The monoisotopic (exact) mass is 388 g/mol. The predicted molar refractivity (Wildman–Crippen MR) is 100 cm³/mol. The van der Waals surface area contributed by atoms with Gasteiger partial charge >= 0.3 is 0 Å². The molecule has 0 atom stereocenters. The zero-order valence-corrected chi connectivity index (χ0v) is 15.8. The van der Waals surface area contributed by atoms with E-state index in [4.69, 9.17) is 9.88 Å². The number of ether oxygens (including phenoxy) is 1. The molecule has 0 spiro atoms. The summed E-state index contributed by atoms with van der Waals surface area (Å²) in [7, 11) is -2.15. The van der Waals surface area contributed by atoms with Crippen molar-refractivity contribution in [3.05, 3.63) is 59.5 Å². The number of carbonyl (C=O) groups is 1. The average molecular weight is 388 g/mol. The molecule has 0 bridgehead atoms. The second-order valence-corrected chi connectivity index (χ2v) is 7.57. The molecule has 3 aromatic rings. The minimum absolute atomic E-state index is 0.0607. The number of fused-ring (bicyclic) bond motifs is 1. The van der Waals surface area contributed by atoms with Gasteiger partial charge in [0.25, 0.3) is 5.91 Å². The summed E-state index contributed by atoms with van der Waals surface area (Å²) in [6.45, 7) is 2.16. The highest BCUT2D eigenvalue weighted by molar-refractivity contribution is 7.89. The van der Waals surface area contributed by atoms with E-state index in [-0.39, 0.29) is 10.8 Å². The molecule has 0 aliphatic heterocycles. The fourth-order valence-corrected chi connectivity index (χ4v) is 3.35. The highest BCUT2D eigenvalue weighted by Gasteiger charge is 2.18. The third kappa shape index (κ3) is 3.93. The summed E-state index contributed by atoms with van der Waals surface area (Å²) in [5.74, 6) is 0.351. The van der Waals surface area contributed by atoms with Crippen LogP contribution >= 0.6 is 0 Å². The number of aryl methyl sites for hydroxylation is 1. The highest BCUT2D eigenvalue weighted by Crippen LogP contribution is 2.21. The third-order valence-electron chi connectivity index (χ3n) is 4.17. The van der Waals surface area contributed by atoms with Crippen LogP contribution < -0.4 is 15.2 Å². The van der Waals surface area contributed by atoms with Gasteiger partial charge < -0.3 is 10.1 Å². The molecular weight excluding hydrogens is 368 g/mol. The molecule has 142 valence electrons. The maximum atomic E-state index is 12.6. The summed E-state index contributed by atoms with van der Waals surface area (Å²) in [5.41, 5.74) is 2.53. The first-order valence-electron chi connectivity index (χ1n) is 8.23. The number of aromatic nitrogens is 2. The highest BCUT2D eigenvalue weighted by atomic mass is 32.2. The Morgan fingerprint density at radius 1 is 1.26 bits per heavy atom. The van der Waals surface area contributed by atoms with Crippen LogP contribution in [0.1, 0.15) is 21.7 Å². The largest absolute Gasteiger partial charge is 0.493 e. The van der Waals surface area contributed by atoms with Gasteiger partial charge in [-0.05, 0) is 43.2 Å². The van der Waals surface area contributed by atoms with Gasteiger partial charge in [-0.1, -0.05) is 12.1 Å². The van der Waals surface area contributed by atoms with Crippen LogP contribution in [-0.4, -0.2) is 37.4 Å². The summed E-state index contributed by atoms with van der Waals surface area (Å²) in [5, 5.41) is 7.94. The Hall–Kier alpha value is -2.91. The number of hydrogen-bond donors (Lipinski definition) is 2. The van der Waals surface area contributed by atoms with Crippen LogP contribution in [0.4, 0.5) is 0 Å². The molecule has 2 aromatic heterocycles. The Morgan fingerprint density at radius 2 is 1.96 bits per heavy atom. The normalized spacial score (nSPS) is 11.5. The number of sulfonamides is 1. The van der Waals surface area contributed by atoms with Gasteiger partial charge in [-0.3, -0.25) is 9.20 Å². The van der Waals surface area contributed by atoms with Crippen LogP contribution in [0.15, 0.2) is 47.5 Å². The first-order valence-corrected chi connectivity index (χ1v) is 9.77. The summed E-state index contributed by atoms with van der Waals surface area (Å²) < 4.78 is 29.5. The quantitative estimate of drug-likeness (QED) is 0.660.